The number of oxazole rings is 1. The molecule has 10 nitrogen and oxygen atoms in total. The van der Waals surface area contributed by atoms with E-state index >= 15 is 0 Å². The average molecular weight is 394 g/mol. The van der Waals surface area contributed by atoms with Crippen molar-refractivity contribution in [1.82, 2.24) is 24.6 Å². The van der Waals surface area contributed by atoms with Crippen molar-refractivity contribution in [2.45, 2.75) is 12.5 Å². The Kier molecular flexibility index (Phi) is 4.85. The number of nitrogens with zero attached hydrogens (tertiary/aromatic N) is 6. The number of likely N-dealkylation sites (N-methyl/N-ethyl adjacent to an activating group) is 1. The minimum atomic E-state index is -0.455. The van der Waals surface area contributed by atoms with Gasteiger partial charge in [0, 0.05) is 37.8 Å². The lowest BCUT2D eigenvalue weighted by atomic mass is 10.2. The molecule has 1 radical (unpaired) electrons. The van der Waals surface area contributed by atoms with Crippen molar-refractivity contribution < 1.29 is 14.0 Å². The van der Waals surface area contributed by atoms with Gasteiger partial charge in [0.1, 0.15) is 12.0 Å². The highest BCUT2D eigenvalue weighted by Crippen LogP contribution is 2.29. The number of anilines is 2. The summed E-state index contributed by atoms with van der Waals surface area (Å²) < 4.78 is 6.95. The SMILES string of the molecule is CN(C)[C@H]1CC(=O)N(c2nn(C)cc2NC(=O)c2coc(-c3c[c]ncc3)n2)C1. The van der Waals surface area contributed by atoms with Crippen LogP contribution in [0.25, 0.3) is 11.5 Å². The molecule has 1 saturated heterocycles. The van der Waals surface area contributed by atoms with Crippen LogP contribution in [0, 0.1) is 6.20 Å². The highest BCUT2D eigenvalue weighted by atomic mass is 16.3. The molecule has 3 aromatic rings. The first-order valence-electron chi connectivity index (χ1n) is 9.02. The second-order valence-electron chi connectivity index (χ2n) is 7.03. The third-order valence-corrected chi connectivity index (χ3v) is 4.76. The summed E-state index contributed by atoms with van der Waals surface area (Å²) in [4.78, 5) is 36.8. The lowest BCUT2D eigenvalue weighted by molar-refractivity contribution is -0.117. The predicted octanol–water partition coefficient (Wildman–Crippen LogP) is 1.19. The van der Waals surface area contributed by atoms with Crippen LogP contribution in [-0.4, -0.2) is 63.1 Å². The van der Waals surface area contributed by atoms with Crippen LogP contribution in [0.1, 0.15) is 16.9 Å². The molecule has 4 heterocycles. The highest BCUT2D eigenvalue weighted by molar-refractivity contribution is 6.06. The molecule has 0 aromatic carbocycles. The molecule has 0 saturated carbocycles. The van der Waals surface area contributed by atoms with Crippen molar-refractivity contribution in [1.29, 1.82) is 0 Å². The maximum Gasteiger partial charge on any atom is 0.277 e. The Morgan fingerprint density at radius 2 is 2.24 bits per heavy atom. The molecule has 4 rings (SSSR count). The van der Waals surface area contributed by atoms with E-state index in [9.17, 15) is 9.59 Å². The maximum atomic E-state index is 12.7. The monoisotopic (exact) mass is 394 g/mol. The van der Waals surface area contributed by atoms with Gasteiger partial charge < -0.3 is 14.6 Å². The number of aryl methyl sites for hydroxylation is 1. The first kappa shape index (κ1) is 18.8. The smallest absolute Gasteiger partial charge is 0.277 e. The van der Waals surface area contributed by atoms with Crippen LogP contribution < -0.4 is 10.2 Å². The topological polar surface area (TPSA) is 109 Å². The highest BCUT2D eigenvalue weighted by Gasteiger charge is 2.35. The number of rotatable bonds is 5. The zero-order chi connectivity index (χ0) is 20.5. The molecule has 1 N–H and O–H groups in total. The van der Waals surface area contributed by atoms with Crippen LogP contribution in [0.15, 0.2) is 35.2 Å². The number of nitrogens with one attached hydrogen (secondary N) is 1. The van der Waals surface area contributed by atoms with Crippen molar-refractivity contribution in [2.75, 3.05) is 30.9 Å². The van der Waals surface area contributed by atoms with E-state index in [1.807, 2.05) is 19.0 Å². The number of carbonyl (C=O) groups is 2. The molecule has 0 spiro atoms. The largest absolute Gasteiger partial charge is 0.444 e. The van der Waals surface area contributed by atoms with Crippen molar-refractivity contribution in [3.63, 3.8) is 0 Å². The Balaban J connectivity index is 1.54. The van der Waals surface area contributed by atoms with Crippen molar-refractivity contribution >= 4 is 23.3 Å². The molecule has 2 amide bonds. The van der Waals surface area contributed by atoms with E-state index in [0.29, 0.717) is 35.9 Å². The second-order valence-corrected chi connectivity index (χ2v) is 7.03. The van der Waals surface area contributed by atoms with Crippen LogP contribution in [-0.2, 0) is 11.8 Å². The summed E-state index contributed by atoms with van der Waals surface area (Å²) in [6.07, 6.45) is 7.60. The van der Waals surface area contributed by atoms with Gasteiger partial charge in [-0.15, -0.1) is 0 Å². The number of carbonyl (C=O) groups excluding carboxylic acids is 2. The van der Waals surface area contributed by atoms with Gasteiger partial charge in [-0.1, -0.05) is 0 Å². The molecular weight excluding hydrogens is 374 g/mol. The molecule has 149 valence electrons. The number of hydrogen-bond acceptors (Lipinski definition) is 7. The predicted molar refractivity (Wildman–Crippen MR) is 104 cm³/mol. The zero-order valence-corrected chi connectivity index (χ0v) is 16.3. The fraction of sp³-hybridized carbons (Fsp3) is 0.316. The first-order valence-corrected chi connectivity index (χ1v) is 9.02. The van der Waals surface area contributed by atoms with Gasteiger partial charge in [0.2, 0.25) is 11.8 Å². The Morgan fingerprint density at radius 3 is 2.93 bits per heavy atom. The number of hydrogen-bond donors (Lipinski definition) is 1. The summed E-state index contributed by atoms with van der Waals surface area (Å²) >= 11 is 0. The Bertz CT molecular complexity index is 1040. The van der Waals surface area contributed by atoms with Gasteiger partial charge in [-0.2, -0.15) is 5.10 Å². The lowest BCUT2D eigenvalue weighted by Gasteiger charge is -2.19. The van der Waals surface area contributed by atoms with Crippen LogP contribution in [0.4, 0.5) is 11.5 Å². The summed E-state index contributed by atoms with van der Waals surface area (Å²) in [7, 11) is 5.60. The third-order valence-electron chi connectivity index (χ3n) is 4.76. The quantitative estimate of drug-likeness (QED) is 0.692. The van der Waals surface area contributed by atoms with Crippen molar-refractivity contribution in [3.8, 4) is 11.5 Å². The van der Waals surface area contributed by atoms with Crippen LogP contribution in [0.2, 0.25) is 0 Å². The molecule has 0 unspecified atom stereocenters. The summed E-state index contributed by atoms with van der Waals surface area (Å²) in [6, 6.07) is 3.43. The summed E-state index contributed by atoms with van der Waals surface area (Å²) in [5.41, 5.74) is 1.22. The fourth-order valence-electron chi connectivity index (χ4n) is 3.15. The molecule has 10 heteroatoms. The molecule has 1 atom stereocenters. The minimum absolute atomic E-state index is 0.0319. The van der Waals surface area contributed by atoms with E-state index < -0.39 is 5.91 Å². The van der Waals surface area contributed by atoms with Gasteiger partial charge in [-0.25, -0.2) is 4.98 Å². The minimum Gasteiger partial charge on any atom is -0.444 e. The number of aromatic nitrogens is 4. The average Bonchev–Trinajstić information content (AvgIpc) is 3.41. The van der Waals surface area contributed by atoms with E-state index in [0.717, 1.165) is 0 Å². The molecular formula is C19H20N7O3. The van der Waals surface area contributed by atoms with Crippen LogP contribution in [0.3, 0.4) is 0 Å². The third kappa shape index (κ3) is 3.74. The van der Waals surface area contributed by atoms with Gasteiger partial charge in [0.15, 0.2) is 11.5 Å². The van der Waals surface area contributed by atoms with E-state index in [1.165, 1.54) is 6.26 Å². The molecule has 29 heavy (non-hydrogen) atoms. The standard InChI is InChI=1S/C19H20N7O3/c1-24(2)13-8-16(27)26(9-13)17-14(10-25(3)23-17)21-18(28)15-11-29-19(22-15)12-4-6-20-7-5-12/h4-6,10-11,13H,8-9H2,1-3H3,(H,21,28)/t13-/m0/s1. The molecule has 0 aliphatic carbocycles. The zero-order valence-electron chi connectivity index (χ0n) is 16.3. The summed E-state index contributed by atoms with van der Waals surface area (Å²) in [5.74, 6) is 0.227. The summed E-state index contributed by atoms with van der Waals surface area (Å²) in [6.45, 7) is 0.512. The van der Waals surface area contributed by atoms with Crippen molar-refractivity contribution in [2.24, 2.45) is 7.05 Å². The fourth-order valence-corrected chi connectivity index (χ4v) is 3.15. The Hall–Kier alpha value is -3.53. The second kappa shape index (κ2) is 7.47. The van der Waals surface area contributed by atoms with Crippen LogP contribution >= 0.6 is 0 Å². The van der Waals surface area contributed by atoms with E-state index in [4.69, 9.17) is 4.42 Å². The van der Waals surface area contributed by atoms with E-state index in [-0.39, 0.29) is 17.6 Å². The molecule has 1 aliphatic rings. The van der Waals surface area contributed by atoms with Gasteiger partial charge in [0.05, 0.1) is 12.4 Å². The Labute approximate surface area is 167 Å². The van der Waals surface area contributed by atoms with Crippen LogP contribution in [0.5, 0.6) is 0 Å². The van der Waals surface area contributed by atoms with Gasteiger partial charge >= 0.3 is 0 Å². The molecule has 1 fully saturated rings. The number of pyridine rings is 1. The molecule has 3 aromatic heterocycles. The van der Waals surface area contributed by atoms with Gasteiger partial charge in [-0.3, -0.25) is 24.2 Å². The Morgan fingerprint density at radius 1 is 1.41 bits per heavy atom. The van der Waals surface area contributed by atoms with E-state index in [2.05, 4.69) is 26.6 Å². The molecule has 1 aliphatic heterocycles. The molecule has 0 bridgehead atoms. The van der Waals surface area contributed by atoms with Gasteiger partial charge in [-0.05, 0) is 26.2 Å². The first-order chi connectivity index (χ1) is 13.9. The van der Waals surface area contributed by atoms with Crippen molar-refractivity contribution in [3.05, 3.63) is 42.7 Å². The number of amides is 2. The normalized spacial score (nSPS) is 16.6. The van der Waals surface area contributed by atoms with E-state index in [1.54, 1.807) is 41.2 Å². The maximum absolute atomic E-state index is 12.7. The lowest BCUT2D eigenvalue weighted by Crippen LogP contribution is -2.32. The summed E-state index contributed by atoms with van der Waals surface area (Å²) in [5, 5.41) is 7.15. The van der Waals surface area contributed by atoms with Gasteiger partial charge in [0.25, 0.3) is 5.91 Å².